The highest BCUT2D eigenvalue weighted by Gasteiger charge is 2.00. The molecule has 0 aliphatic heterocycles. The number of nitrogens with two attached hydrogens (primary N) is 1. The highest BCUT2D eigenvalue weighted by molar-refractivity contribution is 6.10. The largest absolute Gasteiger partial charge is 0.425 e. The van der Waals surface area contributed by atoms with Gasteiger partial charge in [0.25, 0.3) is 0 Å². The number of hydrogen-bond acceptors (Lipinski definition) is 3. The lowest BCUT2D eigenvalue weighted by molar-refractivity contribution is -0.0195. The highest BCUT2D eigenvalue weighted by Crippen LogP contribution is 1.83. The lowest BCUT2D eigenvalue weighted by atomic mass is 11.2. The van der Waals surface area contributed by atoms with Gasteiger partial charge in [-0.2, -0.15) is 0 Å². The molecule has 2 N–H and O–H groups in total. The number of rotatable bonds is 2. The van der Waals surface area contributed by atoms with Crippen LogP contribution in [0.4, 0.5) is 4.79 Å². The lowest BCUT2D eigenvalue weighted by Crippen LogP contribution is -2.23. The van der Waals surface area contributed by atoms with Crippen LogP contribution >= 0.6 is 0 Å². The molecule has 1 amide bonds. The molecular weight excluding hydrogens is 126 g/mol. The van der Waals surface area contributed by atoms with Gasteiger partial charge in [0.2, 0.25) is 0 Å². The van der Waals surface area contributed by atoms with Gasteiger partial charge >= 0.3 is 6.09 Å². The zero-order valence-electron chi connectivity index (χ0n) is 4.88. The van der Waals surface area contributed by atoms with Gasteiger partial charge in [0.05, 0.1) is 10.2 Å². The van der Waals surface area contributed by atoms with Gasteiger partial charge < -0.3 is 15.2 Å². The summed E-state index contributed by atoms with van der Waals surface area (Å²) >= 11 is 0. The Bertz CT molecular complexity index is 86.6. The molecule has 0 aromatic carbocycles. The number of hydrogen-bond donors (Lipinski definition) is 1. The van der Waals surface area contributed by atoms with Crippen molar-refractivity contribution < 1.29 is 14.3 Å². The summed E-state index contributed by atoms with van der Waals surface area (Å²) in [5, 5.41) is 0. The highest BCUT2D eigenvalue weighted by atomic mass is 28.1. The third kappa shape index (κ3) is 3.63. The maximum Gasteiger partial charge on any atom is 0.406 e. The standard InChI is InChI=1S/C3H9NO3Si/c1-6-3(8)7-2(4)5/h3H,1,8H3,(H2,4,5). The van der Waals surface area contributed by atoms with Crippen molar-refractivity contribution in [3.63, 3.8) is 0 Å². The quantitative estimate of drug-likeness (QED) is 0.365. The molecule has 0 saturated carbocycles. The van der Waals surface area contributed by atoms with E-state index in [1.54, 1.807) is 0 Å². The smallest absolute Gasteiger partial charge is 0.406 e. The van der Waals surface area contributed by atoms with Crippen LogP contribution in [0.1, 0.15) is 0 Å². The predicted molar refractivity (Wildman–Crippen MR) is 31.4 cm³/mol. The monoisotopic (exact) mass is 135 g/mol. The van der Waals surface area contributed by atoms with Crippen molar-refractivity contribution in [2.24, 2.45) is 5.73 Å². The molecule has 4 nitrogen and oxygen atoms in total. The van der Waals surface area contributed by atoms with Crippen molar-refractivity contribution in [3.05, 3.63) is 0 Å². The molecule has 48 valence electrons. The number of carbonyl (C=O) groups excluding carboxylic acids is 1. The Morgan fingerprint density at radius 2 is 2.38 bits per heavy atom. The first-order chi connectivity index (χ1) is 3.66. The van der Waals surface area contributed by atoms with E-state index in [1.807, 2.05) is 0 Å². The Morgan fingerprint density at radius 3 is 2.50 bits per heavy atom. The molecule has 0 aromatic rings. The van der Waals surface area contributed by atoms with Crippen LogP contribution < -0.4 is 5.73 Å². The third-order valence-electron chi connectivity index (χ3n) is 0.614. The van der Waals surface area contributed by atoms with Gasteiger partial charge in [-0.15, -0.1) is 0 Å². The second-order valence-electron chi connectivity index (χ2n) is 1.24. The molecule has 1 unspecified atom stereocenters. The van der Waals surface area contributed by atoms with Crippen LogP contribution in [-0.4, -0.2) is 29.4 Å². The van der Waals surface area contributed by atoms with Crippen LogP contribution in [0.15, 0.2) is 0 Å². The van der Waals surface area contributed by atoms with E-state index in [2.05, 4.69) is 15.2 Å². The van der Waals surface area contributed by atoms with Crippen molar-refractivity contribution in [1.29, 1.82) is 0 Å². The topological polar surface area (TPSA) is 61.6 Å². The number of methoxy groups -OCH3 is 1. The van der Waals surface area contributed by atoms with E-state index in [4.69, 9.17) is 0 Å². The molecule has 5 heteroatoms. The first-order valence-corrected chi connectivity index (χ1v) is 3.31. The average molecular weight is 135 g/mol. The maximum absolute atomic E-state index is 9.91. The molecule has 0 radical (unpaired) electrons. The number of primary amides is 1. The fourth-order valence-corrected chi connectivity index (χ4v) is 0.444. The van der Waals surface area contributed by atoms with E-state index >= 15 is 0 Å². The second-order valence-corrected chi connectivity index (χ2v) is 2.18. The molecular formula is C3H9NO3Si. The van der Waals surface area contributed by atoms with Crippen molar-refractivity contribution in [2.45, 2.75) is 5.91 Å². The van der Waals surface area contributed by atoms with Gasteiger partial charge in [0, 0.05) is 7.11 Å². The number of amides is 1. The van der Waals surface area contributed by atoms with Crippen molar-refractivity contribution >= 4 is 16.3 Å². The van der Waals surface area contributed by atoms with E-state index in [1.165, 1.54) is 7.11 Å². The molecule has 0 rings (SSSR count). The minimum absolute atomic E-state index is 0.410. The first-order valence-electron chi connectivity index (χ1n) is 2.15. The maximum atomic E-state index is 9.91. The summed E-state index contributed by atoms with van der Waals surface area (Å²) in [6.07, 6.45) is -0.785. The summed E-state index contributed by atoms with van der Waals surface area (Å²) in [7, 11) is 2.10. The van der Waals surface area contributed by atoms with Gasteiger partial charge in [0.1, 0.15) is 0 Å². The Morgan fingerprint density at radius 1 is 1.88 bits per heavy atom. The SMILES string of the molecule is COC([SiH3])OC(N)=O. The summed E-state index contributed by atoms with van der Waals surface area (Å²) in [4.78, 5) is 9.91. The Balaban J connectivity index is 3.24. The predicted octanol–water partition coefficient (Wildman–Crippen LogP) is -1.62. The van der Waals surface area contributed by atoms with Crippen molar-refractivity contribution in [1.82, 2.24) is 0 Å². The van der Waals surface area contributed by atoms with E-state index in [0.717, 1.165) is 0 Å². The molecule has 0 aromatic heterocycles. The fraction of sp³-hybridized carbons (Fsp3) is 0.667. The fourth-order valence-electron chi connectivity index (χ4n) is 0.212. The normalized spacial score (nSPS) is 13.1. The van der Waals surface area contributed by atoms with Gasteiger partial charge in [-0.25, -0.2) is 4.79 Å². The summed E-state index contributed by atoms with van der Waals surface area (Å²) in [6.45, 7) is 0. The Labute approximate surface area is 50.4 Å². The number of ether oxygens (including phenoxy) is 2. The lowest BCUT2D eigenvalue weighted by Gasteiger charge is -2.07. The van der Waals surface area contributed by atoms with Crippen LogP contribution in [-0.2, 0) is 9.47 Å². The summed E-state index contributed by atoms with van der Waals surface area (Å²) in [5.74, 6) is -0.410. The summed E-state index contributed by atoms with van der Waals surface area (Å²) < 4.78 is 8.98. The van der Waals surface area contributed by atoms with Gasteiger partial charge in [-0.05, 0) is 0 Å². The van der Waals surface area contributed by atoms with Crippen molar-refractivity contribution in [2.75, 3.05) is 7.11 Å². The second kappa shape index (κ2) is 3.45. The summed E-state index contributed by atoms with van der Waals surface area (Å²) in [6, 6.07) is 0. The van der Waals surface area contributed by atoms with E-state index in [-0.39, 0.29) is 0 Å². The molecule has 0 saturated heterocycles. The third-order valence-corrected chi connectivity index (χ3v) is 1.32. The van der Waals surface area contributed by atoms with E-state index in [0.29, 0.717) is 10.2 Å². The molecule has 0 bridgehead atoms. The zero-order chi connectivity index (χ0) is 6.57. The average Bonchev–Trinajstić information content (AvgIpc) is 1.65. The molecule has 0 fully saturated rings. The minimum Gasteiger partial charge on any atom is -0.425 e. The van der Waals surface area contributed by atoms with Crippen molar-refractivity contribution in [3.8, 4) is 0 Å². The minimum atomic E-state index is -0.785. The zero-order valence-corrected chi connectivity index (χ0v) is 6.88. The van der Waals surface area contributed by atoms with Gasteiger partial charge in [-0.1, -0.05) is 0 Å². The Kier molecular flexibility index (Phi) is 3.21. The van der Waals surface area contributed by atoms with Gasteiger partial charge in [-0.3, -0.25) is 0 Å². The molecule has 1 atom stereocenters. The van der Waals surface area contributed by atoms with E-state index < -0.39 is 12.0 Å². The molecule has 0 aliphatic carbocycles. The van der Waals surface area contributed by atoms with Crippen LogP contribution in [0.3, 0.4) is 0 Å². The van der Waals surface area contributed by atoms with Crippen LogP contribution in [0.25, 0.3) is 0 Å². The van der Waals surface area contributed by atoms with Crippen LogP contribution in [0.5, 0.6) is 0 Å². The molecule has 0 heterocycles. The summed E-state index contributed by atoms with van der Waals surface area (Å²) in [5.41, 5.74) is 4.65. The number of carbonyl (C=O) groups is 1. The molecule has 8 heavy (non-hydrogen) atoms. The molecule has 0 aliphatic rings. The van der Waals surface area contributed by atoms with Gasteiger partial charge in [0.15, 0.2) is 5.91 Å². The van der Waals surface area contributed by atoms with Crippen LogP contribution in [0, 0.1) is 0 Å². The van der Waals surface area contributed by atoms with E-state index in [9.17, 15) is 4.79 Å². The Hall–Kier alpha value is -0.553. The first kappa shape index (κ1) is 7.45. The molecule has 0 spiro atoms. The van der Waals surface area contributed by atoms with Crippen LogP contribution in [0.2, 0.25) is 0 Å².